The molecule has 0 aliphatic rings. The topological polar surface area (TPSA) is 65.7 Å². The fraction of sp³-hybridized carbons (Fsp3) is 0.455. The second kappa shape index (κ2) is 5.30. The van der Waals surface area contributed by atoms with Gasteiger partial charge < -0.3 is 9.30 Å². The molecule has 0 unspecified atom stereocenters. The number of ether oxygens (including phenoxy) is 1. The summed E-state index contributed by atoms with van der Waals surface area (Å²) in [5.41, 5.74) is 0. The van der Waals surface area contributed by atoms with Crippen molar-refractivity contribution in [3.05, 3.63) is 29.3 Å². The Morgan fingerprint density at radius 2 is 2.11 bits per heavy atom. The molecule has 7 heteroatoms. The molecule has 0 amide bonds. The molecule has 96 valence electrons. The second-order valence-corrected chi connectivity index (χ2v) is 4.44. The molecule has 2 heterocycles. The molecule has 0 N–H and O–H groups in total. The number of hydrogen-bond donors (Lipinski definition) is 0. The number of aryl methyl sites for hydroxylation is 1. The molecule has 0 atom stereocenters. The molecule has 0 aromatic carbocycles. The molecule has 0 saturated carbocycles. The van der Waals surface area contributed by atoms with Crippen LogP contribution in [0.15, 0.2) is 12.4 Å². The predicted octanol–water partition coefficient (Wildman–Crippen LogP) is 1.64. The third kappa shape index (κ3) is 3.16. The number of imidazole rings is 1. The van der Waals surface area contributed by atoms with E-state index in [0.717, 1.165) is 5.82 Å². The summed E-state index contributed by atoms with van der Waals surface area (Å²) in [6.45, 7) is 3.80. The smallest absolute Gasteiger partial charge is 0.321 e. The van der Waals surface area contributed by atoms with E-state index in [0.29, 0.717) is 12.2 Å². The quantitative estimate of drug-likeness (QED) is 0.842. The number of nitrogens with zero attached hydrogens (tertiary/aromatic N) is 5. The molecular weight excluding hydrogens is 254 g/mol. The van der Waals surface area contributed by atoms with Gasteiger partial charge in [0.15, 0.2) is 0 Å². The van der Waals surface area contributed by atoms with Gasteiger partial charge in [0.25, 0.3) is 0 Å². The Bertz CT molecular complexity index is 540. The molecule has 2 rings (SSSR count). The molecule has 0 aliphatic heterocycles. The van der Waals surface area contributed by atoms with Crippen LogP contribution < -0.4 is 4.74 Å². The maximum atomic E-state index is 5.84. The molecule has 18 heavy (non-hydrogen) atoms. The number of halogens is 1. The Hall–Kier alpha value is -1.69. The zero-order valence-electron chi connectivity index (χ0n) is 10.5. The fourth-order valence-corrected chi connectivity index (χ4v) is 1.59. The standard InChI is InChI=1S/C11H14ClN5O/c1-7(2)18-11-15-8(14-10(12)16-11)6-9-13-4-5-17(9)3/h4-5,7H,6H2,1-3H3. The number of rotatable bonds is 4. The third-order valence-corrected chi connectivity index (χ3v) is 2.38. The molecule has 2 aromatic heterocycles. The zero-order valence-corrected chi connectivity index (χ0v) is 11.2. The molecule has 0 saturated heterocycles. The zero-order chi connectivity index (χ0) is 13.1. The normalized spacial score (nSPS) is 10.9. The minimum atomic E-state index is -0.00974. The van der Waals surface area contributed by atoms with Crippen molar-refractivity contribution in [1.29, 1.82) is 0 Å². The van der Waals surface area contributed by atoms with E-state index < -0.39 is 0 Å². The first kappa shape index (κ1) is 12.8. The average molecular weight is 268 g/mol. The van der Waals surface area contributed by atoms with Crippen LogP contribution in [0.3, 0.4) is 0 Å². The van der Waals surface area contributed by atoms with Gasteiger partial charge in [-0.2, -0.15) is 9.97 Å². The first-order chi connectivity index (χ1) is 8.54. The Kier molecular flexibility index (Phi) is 3.76. The summed E-state index contributed by atoms with van der Waals surface area (Å²) in [4.78, 5) is 16.4. The van der Waals surface area contributed by atoms with Crippen molar-refractivity contribution in [3.8, 4) is 6.01 Å². The van der Waals surface area contributed by atoms with E-state index in [2.05, 4.69) is 19.9 Å². The van der Waals surface area contributed by atoms with Crippen molar-refractivity contribution in [1.82, 2.24) is 24.5 Å². The van der Waals surface area contributed by atoms with Crippen molar-refractivity contribution >= 4 is 11.6 Å². The van der Waals surface area contributed by atoms with Crippen LogP contribution in [0.25, 0.3) is 0 Å². The fourth-order valence-electron chi connectivity index (χ4n) is 1.42. The largest absolute Gasteiger partial charge is 0.461 e. The lowest BCUT2D eigenvalue weighted by molar-refractivity contribution is 0.220. The van der Waals surface area contributed by atoms with Gasteiger partial charge in [-0.25, -0.2) is 9.97 Å². The molecule has 0 radical (unpaired) electrons. The van der Waals surface area contributed by atoms with Gasteiger partial charge in [0.05, 0.1) is 12.5 Å². The first-order valence-electron chi connectivity index (χ1n) is 5.58. The van der Waals surface area contributed by atoms with Crippen LogP contribution in [-0.4, -0.2) is 30.6 Å². The van der Waals surface area contributed by atoms with E-state index in [4.69, 9.17) is 16.3 Å². The Labute approximate surface area is 110 Å². The van der Waals surface area contributed by atoms with Crippen LogP contribution >= 0.6 is 11.6 Å². The van der Waals surface area contributed by atoms with E-state index in [1.807, 2.05) is 31.7 Å². The molecule has 0 spiro atoms. The summed E-state index contributed by atoms with van der Waals surface area (Å²) >= 11 is 5.84. The highest BCUT2D eigenvalue weighted by atomic mass is 35.5. The summed E-state index contributed by atoms with van der Waals surface area (Å²) in [5.74, 6) is 1.40. The lowest BCUT2D eigenvalue weighted by atomic mass is 10.4. The van der Waals surface area contributed by atoms with Gasteiger partial charge in [0.1, 0.15) is 11.6 Å². The molecule has 2 aromatic rings. The highest BCUT2D eigenvalue weighted by Gasteiger charge is 2.10. The Balaban J connectivity index is 2.23. The van der Waals surface area contributed by atoms with Crippen molar-refractivity contribution < 1.29 is 4.74 Å². The minimum Gasteiger partial charge on any atom is -0.461 e. The highest BCUT2D eigenvalue weighted by molar-refractivity contribution is 6.28. The first-order valence-corrected chi connectivity index (χ1v) is 5.95. The van der Waals surface area contributed by atoms with E-state index >= 15 is 0 Å². The summed E-state index contributed by atoms with van der Waals surface area (Å²) in [6, 6.07) is 0.245. The van der Waals surface area contributed by atoms with Gasteiger partial charge in [-0.15, -0.1) is 0 Å². The lowest BCUT2D eigenvalue weighted by Gasteiger charge is -2.08. The monoisotopic (exact) mass is 267 g/mol. The maximum Gasteiger partial charge on any atom is 0.321 e. The van der Waals surface area contributed by atoms with Gasteiger partial charge >= 0.3 is 6.01 Å². The van der Waals surface area contributed by atoms with Gasteiger partial charge in [-0.05, 0) is 25.4 Å². The van der Waals surface area contributed by atoms with Crippen LogP contribution in [0, 0.1) is 0 Å². The Morgan fingerprint density at radius 3 is 2.72 bits per heavy atom. The molecule has 0 aliphatic carbocycles. The minimum absolute atomic E-state index is 0.00974. The third-order valence-electron chi connectivity index (χ3n) is 2.21. The molecule has 0 bridgehead atoms. The van der Waals surface area contributed by atoms with Crippen LogP contribution in [0.4, 0.5) is 0 Å². The highest BCUT2D eigenvalue weighted by Crippen LogP contribution is 2.12. The van der Waals surface area contributed by atoms with Crippen LogP contribution in [0.1, 0.15) is 25.5 Å². The van der Waals surface area contributed by atoms with Crippen LogP contribution in [0.5, 0.6) is 6.01 Å². The summed E-state index contributed by atoms with van der Waals surface area (Å²) in [5, 5.41) is 0.129. The van der Waals surface area contributed by atoms with Gasteiger partial charge in [-0.3, -0.25) is 0 Å². The number of aromatic nitrogens is 5. The van der Waals surface area contributed by atoms with E-state index in [1.54, 1.807) is 6.20 Å². The van der Waals surface area contributed by atoms with Crippen molar-refractivity contribution in [2.24, 2.45) is 7.05 Å². The SMILES string of the molecule is CC(C)Oc1nc(Cl)nc(Cc2nccn2C)n1. The van der Waals surface area contributed by atoms with Gasteiger partial charge in [0.2, 0.25) is 5.28 Å². The summed E-state index contributed by atoms with van der Waals surface area (Å²) in [7, 11) is 1.91. The Morgan fingerprint density at radius 1 is 1.33 bits per heavy atom. The lowest BCUT2D eigenvalue weighted by Crippen LogP contribution is -2.11. The van der Waals surface area contributed by atoms with E-state index in [1.165, 1.54) is 0 Å². The van der Waals surface area contributed by atoms with Crippen molar-refractivity contribution in [2.45, 2.75) is 26.4 Å². The maximum absolute atomic E-state index is 5.84. The van der Waals surface area contributed by atoms with Crippen LogP contribution in [0.2, 0.25) is 5.28 Å². The van der Waals surface area contributed by atoms with Crippen molar-refractivity contribution in [2.75, 3.05) is 0 Å². The van der Waals surface area contributed by atoms with Crippen molar-refractivity contribution in [3.63, 3.8) is 0 Å². The summed E-state index contributed by atoms with van der Waals surface area (Å²) < 4.78 is 7.31. The van der Waals surface area contributed by atoms with E-state index in [9.17, 15) is 0 Å². The predicted molar refractivity (Wildman–Crippen MR) is 66.6 cm³/mol. The second-order valence-electron chi connectivity index (χ2n) is 4.10. The van der Waals surface area contributed by atoms with Crippen LogP contribution in [-0.2, 0) is 13.5 Å². The number of hydrogen-bond acceptors (Lipinski definition) is 5. The summed E-state index contributed by atoms with van der Waals surface area (Å²) in [6.07, 6.45) is 4.07. The average Bonchev–Trinajstić information content (AvgIpc) is 2.62. The molecule has 0 fully saturated rings. The van der Waals surface area contributed by atoms with Gasteiger partial charge in [-0.1, -0.05) is 0 Å². The molecular formula is C11H14ClN5O. The molecule has 6 nitrogen and oxygen atoms in total. The van der Waals surface area contributed by atoms with Gasteiger partial charge in [0, 0.05) is 19.4 Å². The van der Waals surface area contributed by atoms with E-state index in [-0.39, 0.29) is 17.4 Å².